The predicted octanol–water partition coefficient (Wildman–Crippen LogP) is 4.32. The number of hydrogen-bond donors (Lipinski definition) is 3. The van der Waals surface area contributed by atoms with Crippen LogP contribution in [0.15, 0.2) is 51.9 Å². The molecule has 0 unspecified atom stereocenters. The summed E-state index contributed by atoms with van der Waals surface area (Å²) in [5.74, 6) is 1.70. The Labute approximate surface area is 213 Å². The fourth-order valence-corrected chi connectivity index (χ4v) is 5.13. The molecule has 0 radical (unpaired) electrons. The number of anilines is 1. The number of nitrogens with zero attached hydrogens (tertiary/aromatic N) is 3. The van der Waals surface area contributed by atoms with Crippen molar-refractivity contribution in [3.05, 3.63) is 64.6 Å². The molecule has 3 aromatic rings. The maximum absolute atomic E-state index is 11.8. The number of imide groups is 1. The first kappa shape index (κ1) is 24.2. The highest BCUT2D eigenvalue weighted by Gasteiger charge is 2.25. The van der Waals surface area contributed by atoms with Crippen molar-refractivity contribution in [3.63, 3.8) is 0 Å². The highest BCUT2D eigenvalue weighted by molar-refractivity contribution is 8.18. The molecular weight excluding hydrogens is 476 g/mol. The molecule has 186 valence electrons. The molecule has 1 aliphatic carbocycles. The smallest absolute Gasteiger partial charge is 0.290 e. The second-order valence-corrected chi connectivity index (χ2v) is 9.96. The summed E-state index contributed by atoms with van der Waals surface area (Å²) < 4.78 is 5.87. The van der Waals surface area contributed by atoms with Crippen molar-refractivity contribution in [2.24, 2.45) is 0 Å². The van der Waals surface area contributed by atoms with E-state index in [0.717, 1.165) is 67.4 Å². The van der Waals surface area contributed by atoms with Gasteiger partial charge in [-0.1, -0.05) is 18.2 Å². The summed E-state index contributed by atoms with van der Waals surface area (Å²) in [6.07, 6.45) is 8.25. The molecule has 36 heavy (non-hydrogen) atoms. The molecule has 3 heterocycles. The number of nitrogens with one attached hydrogen (secondary N) is 3. The fourth-order valence-electron chi connectivity index (χ4n) is 4.46. The molecule has 1 aromatic carbocycles. The van der Waals surface area contributed by atoms with Crippen LogP contribution in [0, 0.1) is 6.92 Å². The van der Waals surface area contributed by atoms with E-state index < -0.39 is 0 Å². The van der Waals surface area contributed by atoms with Gasteiger partial charge in [-0.25, -0.2) is 15.0 Å². The van der Waals surface area contributed by atoms with Gasteiger partial charge >= 0.3 is 0 Å². The maximum Gasteiger partial charge on any atom is 0.290 e. The van der Waals surface area contributed by atoms with Gasteiger partial charge in [-0.3, -0.25) is 14.9 Å². The summed E-state index contributed by atoms with van der Waals surface area (Å²) in [4.78, 5) is 37.0. The number of aromatic nitrogens is 3. The summed E-state index contributed by atoms with van der Waals surface area (Å²) in [6.45, 7) is 2.83. The number of benzene rings is 1. The van der Waals surface area contributed by atoms with Crippen LogP contribution in [0.3, 0.4) is 0 Å². The highest BCUT2D eigenvalue weighted by Crippen LogP contribution is 2.26. The van der Waals surface area contributed by atoms with Crippen LogP contribution in [-0.4, -0.2) is 44.7 Å². The average Bonchev–Trinajstić information content (AvgIpc) is 3.41. The molecule has 0 atom stereocenters. The highest BCUT2D eigenvalue weighted by atomic mass is 32.2. The molecule has 3 N–H and O–H groups in total. The van der Waals surface area contributed by atoms with Gasteiger partial charge in [-0.05, 0) is 68.6 Å². The Balaban J connectivity index is 1.07. The summed E-state index contributed by atoms with van der Waals surface area (Å²) in [5, 5.41) is 8.98. The lowest BCUT2D eigenvalue weighted by Crippen LogP contribution is -2.38. The van der Waals surface area contributed by atoms with E-state index in [1.54, 1.807) is 18.3 Å². The Morgan fingerprint density at radius 2 is 1.86 bits per heavy atom. The molecule has 2 fully saturated rings. The number of carbonyl (C=O) groups is 2. The molecule has 10 heteroatoms. The molecule has 1 aliphatic heterocycles. The molecule has 9 nitrogen and oxygen atoms in total. The zero-order valence-electron chi connectivity index (χ0n) is 20.0. The molecule has 1 saturated heterocycles. The van der Waals surface area contributed by atoms with E-state index in [0.29, 0.717) is 34.5 Å². The number of rotatable bonds is 8. The molecule has 1 saturated carbocycles. The number of amides is 2. The van der Waals surface area contributed by atoms with Gasteiger partial charge < -0.3 is 15.1 Å². The van der Waals surface area contributed by atoms with Gasteiger partial charge in [-0.15, -0.1) is 0 Å². The standard InChI is InChI=1S/C26H28N6O3S/c1-16-21(31-24(35-16)17-5-3-2-4-6-17)12-14-27-18-7-9-19(10-8-18)29-25-28-13-11-20(30-25)15-22-23(33)32-26(34)36-22/h2-6,11,13,15,18-19,27H,7-10,12,14H2,1H3,(H,28,29,30)(H,32,33,34)/b22-15-/t18-,19-. The molecule has 2 amide bonds. The summed E-state index contributed by atoms with van der Waals surface area (Å²) in [7, 11) is 0. The van der Waals surface area contributed by atoms with Crippen LogP contribution < -0.4 is 16.0 Å². The summed E-state index contributed by atoms with van der Waals surface area (Å²) in [5.41, 5.74) is 2.59. The minimum absolute atomic E-state index is 0.294. The van der Waals surface area contributed by atoms with E-state index in [9.17, 15) is 9.59 Å². The van der Waals surface area contributed by atoms with Gasteiger partial charge in [0.15, 0.2) is 0 Å². The van der Waals surface area contributed by atoms with E-state index in [1.807, 2.05) is 37.3 Å². The second kappa shape index (κ2) is 11.0. The summed E-state index contributed by atoms with van der Waals surface area (Å²) >= 11 is 0.881. The molecule has 0 bridgehead atoms. The van der Waals surface area contributed by atoms with Crippen LogP contribution in [0.4, 0.5) is 10.7 Å². The van der Waals surface area contributed by atoms with Crippen LogP contribution in [0.2, 0.25) is 0 Å². The van der Waals surface area contributed by atoms with Gasteiger partial charge in [0, 0.05) is 36.8 Å². The van der Waals surface area contributed by atoms with Gasteiger partial charge in [0.1, 0.15) is 5.76 Å². The SMILES string of the molecule is Cc1oc(-c2ccccc2)nc1CCN[C@H]1CC[C@H](Nc2nccc(/C=C3\SC(=O)NC3=O)n2)CC1. The Morgan fingerprint density at radius 3 is 2.61 bits per heavy atom. The largest absolute Gasteiger partial charge is 0.441 e. The van der Waals surface area contributed by atoms with Crippen LogP contribution in [0.5, 0.6) is 0 Å². The third-order valence-corrected chi connectivity index (χ3v) is 7.18. The first-order valence-electron chi connectivity index (χ1n) is 12.1. The average molecular weight is 505 g/mol. The van der Waals surface area contributed by atoms with Gasteiger partial charge in [-0.2, -0.15) is 0 Å². The van der Waals surface area contributed by atoms with Crippen LogP contribution in [0.25, 0.3) is 17.5 Å². The second-order valence-electron chi connectivity index (χ2n) is 8.94. The van der Waals surface area contributed by atoms with E-state index in [2.05, 4.69) is 25.9 Å². The Morgan fingerprint density at radius 1 is 1.08 bits per heavy atom. The first-order valence-corrected chi connectivity index (χ1v) is 12.9. The van der Waals surface area contributed by atoms with Gasteiger partial charge in [0.05, 0.1) is 16.3 Å². The fraction of sp³-hybridized carbons (Fsp3) is 0.346. The number of thioether (sulfide) groups is 1. The van der Waals surface area contributed by atoms with Crippen LogP contribution >= 0.6 is 11.8 Å². The lowest BCUT2D eigenvalue weighted by molar-refractivity contribution is -0.115. The minimum Gasteiger partial charge on any atom is -0.441 e. The minimum atomic E-state index is -0.390. The zero-order valence-corrected chi connectivity index (χ0v) is 20.8. The number of hydrogen-bond acceptors (Lipinski definition) is 9. The van der Waals surface area contributed by atoms with Crippen molar-refractivity contribution in [1.82, 2.24) is 25.6 Å². The molecule has 5 rings (SSSR count). The van der Waals surface area contributed by atoms with Crippen molar-refractivity contribution in [3.8, 4) is 11.5 Å². The van der Waals surface area contributed by atoms with Crippen LogP contribution in [0.1, 0.15) is 42.8 Å². The van der Waals surface area contributed by atoms with E-state index in [-0.39, 0.29) is 11.1 Å². The lowest BCUT2D eigenvalue weighted by Gasteiger charge is -2.29. The Hall–Kier alpha value is -3.50. The van der Waals surface area contributed by atoms with Crippen molar-refractivity contribution in [2.45, 2.75) is 51.1 Å². The number of carbonyl (C=O) groups excluding carboxylic acids is 2. The maximum atomic E-state index is 11.8. The van der Waals surface area contributed by atoms with E-state index in [4.69, 9.17) is 9.40 Å². The topological polar surface area (TPSA) is 122 Å². The van der Waals surface area contributed by atoms with Crippen LogP contribution in [-0.2, 0) is 11.2 Å². The predicted molar refractivity (Wildman–Crippen MR) is 139 cm³/mol. The normalized spacial score (nSPS) is 21.1. The van der Waals surface area contributed by atoms with Crippen molar-refractivity contribution in [1.29, 1.82) is 0 Å². The van der Waals surface area contributed by atoms with Crippen molar-refractivity contribution >= 4 is 34.9 Å². The molecule has 2 aliphatic rings. The van der Waals surface area contributed by atoms with Gasteiger partial charge in [0.2, 0.25) is 11.8 Å². The lowest BCUT2D eigenvalue weighted by atomic mass is 9.91. The Kier molecular flexibility index (Phi) is 7.43. The Bertz CT molecular complexity index is 1270. The third kappa shape index (κ3) is 6.00. The number of aryl methyl sites for hydroxylation is 1. The quantitative estimate of drug-likeness (QED) is 0.385. The molecule has 0 spiro atoms. The first-order chi connectivity index (χ1) is 17.5. The molecule has 2 aromatic heterocycles. The van der Waals surface area contributed by atoms with E-state index in [1.165, 1.54) is 0 Å². The summed E-state index contributed by atoms with van der Waals surface area (Å²) in [6, 6.07) is 12.5. The van der Waals surface area contributed by atoms with Crippen molar-refractivity contribution in [2.75, 3.05) is 11.9 Å². The monoisotopic (exact) mass is 504 g/mol. The van der Waals surface area contributed by atoms with Crippen molar-refractivity contribution < 1.29 is 14.0 Å². The van der Waals surface area contributed by atoms with E-state index >= 15 is 0 Å². The molecular formula is C26H28N6O3S. The third-order valence-electron chi connectivity index (χ3n) is 6.37. The number of oxazole rings is 1. The zero-order chi connectivity index (χ0) is 24.9. The van der Waals surface area contributed by atoms with Gasteiger partial charge in [0.25, 0.3) is 11.1 Å².